The predicted molar refractivity (Wildman–Crippen MR) is 400 cm³/mol. The lowest BCUT2D eigenvalue weighted by Gasteiger charge is -2.21. The monoisotopic (exact) mass is 1440 g/mol. The van der Waals surface area contributed by atoms with Crippen molar-refractivity contribution in [3.63, 3.8) is 0 Å². The molecule has 0 heterocycles. The smallest absolute Gasteiger partial charge is 0.462 e. The molecule has 0 radical (unpaired) electrons. The average molecular weight is 1440 g/mol. The zero-order valence-corrected chi connectivity index (χ0v) is 65.7. The van der Waals surface area contributed by atoms with Crippen LogP contribution in [0.25, 0.3) is 0 Å². The third-order valence-electron chi connectivity index (χ3n) is 18.5. The van der Waals surface area contributed by atoms with Gasteiger partial charge in [-0.2, -0.15) is 0 Å². The van der Waals surface area contributed by atoms with E-state index in [4.69, 9.17) is 37.0 Å². The number of aliphatic hydroxyl groups is 1. The van der Waals surface area contributed by atoms with Crippen molar-refractivity contribution in [1.82, 2.24) is 0 Å². The van der Waals surface area contributed by atoms with Crippen LogP contribution in [0, 0.1) is 5.92 Å². The minimum Gasteiger partial charge on any atom is -0.462 e. The van der Waals surface area contributed by atoms with Crippen LogP contribution in [0.1, 0.15) is 420 Å². The first kappa shape index (κ1) is 96.1. The topological polar surface area (TPSA) is 237 Å². The third-order valence-corrected chi connectivity index (χ3v) is 20.4. The second kappa shape index (κ2) is 72.0. The molecule has 17 nitrogen and oxygen atoms in total. The maximum atomic E-state index is 13.1. The SMILES string of the molecule is CCCCCCCCCCCCCCCCCCCCC(=O)O[C@H](COC(=O)CCCCCCCCCCCCCCCCC(C)C)COP(=O)(O)OC[C@@H](O)COP(=O)(O)OC[C@@H](COC(=O)CCCCCCCCCCC)OC(=O)CCCCCCCCCCCCCCCC. The molecule has 19 heteroatoms. The van der Waals surface area contributed by atoms with Crippen molar-refractivity contribution in [3.8, 4) is 0 Å². The molecule has 0 aliphatic heterocycles. The maximum Gasteiger partial charge on any atom is 0.472 e. The van der Waals surface area contributed by atoms with Gasteiger partial charge in [-0.15, -0.1) is 0 Å². The van der Waals surface area contributed by atoms with Gasteiger partial charge in [0.25, 0.3) is 0 Å². The third kappa shape index (κ3) is 72.4. The van der Waals surface area contributed by atoms with Crippen molar-refractivity contribution < 1.29 is 80.2 Å². The number of carbonyl (C=O) groups excluding carboxylic acids is 4. The molecule has 5 atom stereocenters. The van der Waals surface area contributed by atoms with Crippen LogP contribution in [-0.2, 0) is 65.4 Å². The fourth-order valence-electron chi connectivity index (χ4n) is 12.2. The molecular formula is C79H154O17P2. The van der Waals surface area contributed by atoms with Crippen LogP contribution in [0.15, 0.2) is 0 Å². The lowest BCUT2D eigenvalue weighted by Crippen LogP contribution is -2.30. The lowest BCUT2D eigenvalue weighted by atomic mass is 10.0. The van der Waals surface area contributed by atoms with Crippen molar-refractivity contribution in [1.29, 1.82) is 0 Å². The number of ether oxygens (including phenoxy) is 4. The Labute approximate surface area is 600 Å². The Kier molecular flexibility index (Phi) is 70.6. The highest BCUT2D eigenvalue weighted by molar-refractivity contribution is 7.47. The molecule has 2 unspecified atom stereocenters. The molecule has 0 fully saturated rings. The summed E-state index contributed by atoms with van der Waals surface area (Å²) in [4.78, 5) is 72.9. The first-order chi connectivity index (χ1) is 47.5. The van der Waals surface area contributed by atoms with Crippen LogP contribution in [0.4, 0.5) is 0 Å². The molecule has 0 aromatic heterocycles. The summed E-state index contributed by atoms with van der Waals surface area (Å²) in [5, 5.41) is 10.6. The summed E-state index contributed by atoms with van der Waals surface area (Å²) in [6, 6.07) is 0. The summed E-state index contributed by atoms with van der Waals surface area (Å²) in [6.07, 6.45) is 62.3. The molecule has 0 aromatic carbocycles. The second-order valence-corrected chi connectivity index (χ2v) is 31.8. The Morgan fingerprint density at radius 3 is 0.694 bits per heavy atom. The Hall–Kier alpha value is -1.94. The molecule has 0 bridgehead atoms. The molecule has 0 saturated carbocycles. The fourth-order valence-corrected chi connectivity index (χ4v) is 13.8. The predicted octanol–water partition coefficient (Wildman–Crippen LogP) is 23.6. The standard InChI is InChI=1S/C79H154O17P2/c1-6-9-12-15-18-21-23-25-27-28-29-30-36-40-45-50-55-60-65-79(84)96-75(69-90-77(82)63-58-53-48-43-38-35-32-31-33-37-42-46-51-56-61-72(4)5)71-94-98(87,88)92-67-73(80)66-91-97(85,86)93-70-74(68-89-76(81)62-57-52-47-41-20-17-14-11-8-3)95-78(83)64-59-54-49-44-39-34-26-24-22-19-16-13-10-7-2/h72-75,80H,6-71H2,1-5H3,(H,85,86)(H,87,88)/t73-,74+,75+/m0/s1. The van der Waals surface area contributed by atoms with Crippen LogP contribution in [0.3, 0.4) is 0 Å². The molecule has 3 N–H and O–H groups in total. The van der Waals surface area contributed by atoms with Gasteiger partial charge in [-0.05, 0) is 31.6 Å². The van der Waals surface area contributed by atoms with Gasteiger partial charge in [-0.1, -0.05) is 369 Å². The van der Waals surface area contributed by atoms with Gasteiger partial charge in [0.2, 0.25) is 0 Å². The zero-order valence-electron chi connectivity index (χ0n) is 63.9. The van der Waals surface area contributed by atoms with Crippen LogP contribution in [0.5, 0.6) is 0 Å². The number of carbonyl (C=O) groups is 4. The van der Waals surface area contributed by atoms with Gasteiger partial charge >= 0.3 is 39.5 Å². The summed E-state index contributed by atoms with van der Waals surface area (Å²) >= 11 is 0. The van der Waals surface area contributed by atoms with E-state index in [1.807, 2.05) is 0 Å². The van der Waals surface area contributed by atoms with Crippen LogP contribution < -0.4 is 0 Å². The summed E-state index contributed by atoms with van der Waals surface area (Å²) < 4.78 is 68.6. The number of hydrogen-bond donors (Lipinski definition) is 3. The van der Waals surface area contributed by atoms with Crippen LogP contribution >= 0.6 is 15.6 Å². The van der Waals surface area contributed by atoms with E-state index >= 15 is 0 Å². The largest absolute Gasteiger partial charge is 0.472 e. The molecule has 0 aromatic rings. The Balaban J connectivity index is 5.22. The van der Waals surface area contributed by atoms with E-state index in [0.717, 1.165) is 95.8 Å². The maximum absolute atomic E-state index is 13.1. The Morgan fingerprint density at radius 2 is 0.469 bits per heavy atom. The number of rotatable bonds is 79. The number of phosphoric acid groups is 2. The number of hydrogen-bond acceptors (Lipinski definition) is 15. The number of phosphoric ester groups is 2. The van der Waals surface area contributed by atoms with Crippen molar-refractivity contribution in [2.24, 2.45) is 5.92 Å². The summed E-state index contributed by atoms with van der Waals surface area (Å²) in [5.41, 5.74) is 0. The van der Waals surface area contributed by atoms with Gasteiger partial charge in [0, 0.05) is 25.7 Å². The molecule has 0 aliphatic carbocycles. The molecule has 98 heavy (non-hydrogen) atoms. The van der Waals surface area contributed by atoms with E-state index in [1.165, 1.54) is 244 Å². The van der Waals surface area contributed by atoms with Crippen molar-refractivity contribution in [3.05, 3.63) is 0 Å². The zero-order chi connectivity index (χ0) is 71.9. The van der Waals surface area contributed by atoms with Crippen molar-refractivity contribution >= 4 is 39.5 Å². The summed E-state index contributed by atoms with van der Waals surface area (Å²) in [7, 11) is -9.91. The minimum absolute atomic E-state index is 0.108. The lowest BCUT2D eigenvalue weighted by molar-refractivity contribution is -0.161. The number of aliphatic hydroxyl groups excluding tert-OH is 1. The summed E-state index contributed by atoms with van der Waals surface area (Å²) in [6.45, 7) is 7.33. The van der Waals surface area contributed by atoms with E-state index in [0.29, 0.717) is 25.7 Å². The molecular weight excluding hydrogens is 1280 g/mol. The average Bonchev–Trinajstić information content (AvgIpc) is 0.988. The first-order valence-electron chi connectivity index (χ1n) is 41.1. The highest BCUT2D eigenvalue weighted by atomic mass is 31.2. The van der Waals surface area contributed by atoms with Crippen LogP contribution in [-0.4, -0.2) is 96.7 Å². The highest BCUT2D eigenvalue weighted by Gasteiger charge is 2.30. The van der Waals surface area contributed by atoms with E-state index in [9.17, 15) is 43.2 Å². The van der Waals surface area contributed by atoms with E-state index < -0.39 is 97.5 Å². The van der Waals surface area contributed by atoms with Gasteiger partial charge in [0.15, 0.2) is 12.2 Å². The Bertz CT molecular complexity index is 1870. The van der Waals surface area contributed by atoms with Gasteiger partial charge in [0.05, 0.1) is 26.4 Å². The molecule has 0 saturated heterocycles. The van der Waals surface area contributed by atoms with E-state index in [-0.39, 0.29) is 25.7 Å². The Morgan fingerprint density at radius 1 is 0.276 bits per heavy atom. The molecule has 0 amide bonds. The van der Waals surface area contributed by atoms with E-state index in [1.54, 1.807) is 0 Å². The molecule has 582 valence electrons. The van der Waals surface area contributed by atoms with Crippen molar-refractivity contribution in [2.75, 3.05) is 39.6 Å². The number of esters is 4. The fraction of sp³-hybridized carbons (Fsp3) is 0.949. The van der Waals surface area contributed by atoms with Gasteiger partial charge in [0.1, 0.15) is 19.3 Å². The second-order valence-electron chi connectivity index (χ2n) is 28.9. The van der Waals surface area contributed by atoms with E-state index in [2.05, 4.69) is 34.6 Å². The quantitative estimate of drug-likeness (QED) is 0.0222. The van der Waals surface area contributed by atoms with Crippen LogP contribution in [0.2, 0.25) is 0 Å². The van der Waals surface area contributed by atoms with Gasteiger partial charge in [-0.3, -0.25) is 37.3 Å². The number of unbranched alkanes of at least 4 members (excludes halogenated alkanes) is 51. The molecule has 0 spiro atoms. The van der Waals surface area contributed by atoms with Crippen molar-refractivity contribution in [2.45, 2.75) is 438 Å². The highest BCUT2D eigenvalue weighted by Crippen LogP contribution is 2.45. The first-order valence-corrected chi connectivity index (χ1v) is 44.1. The molecule has 0 aliphatic rings. The normalized spacial score (nSPS) is 13.9. The van der Waals surface area contributed by atoms with Gasteiger partial charge in [-0.25, -0.2) is 9.13 Å². The van der Waals surface area contributed by atoms with Gasteiger partial charge < -0.3 is 33.8 Å². The molecule has 0 rings (SSSR count). The minimum atomic E-state index is -4.96. The summed E-state index contributed by atoms with van der Waals surface area (Å²) in [5.74, 6) is -1.31.